The molecule has 0 amide bonds. The molecule has 1 unspecified atom stereocenters. The molecule has 0 spiro atoms. The number of benzene rings is 1. The maximum atomic E-state index is 11.0. The molecule has 1 aromatic rings. The Kier molecular flexibility index (Phi) is 3.54. The first-order valence-electron chi connectivity index (χ1n) is 5.28. The van der Waals surface area contributed by atoms with Crippen molar-refractivity contribution in [1.29, 1.82) is 0 Å². The highest BCUT2D eigenvalue weighted by molar-refractivity contribution is 7.99. The first-order valence-corrected chi connectivity index (χ1v) is 6.33. The summed E-state index contributed by atoms with van der Waals surface area (Å²) in [5.74, 6) is 0.938. The van der Waals surface area contributed by atoms with E-state index < -0.39 is 0 Å². The number of anilines is 1. The van der Waals surface area contributed by atoms with E-state index in [0.717, 1.165) is 11.3 Å². The second kappa shape index (κ2) is 4.93. The first kappa shape index (κ1) is 12.2. The lowest BCUT2D eigenvalue weighted by Crippen LogP contribution is -2.11. The van der Waals surface area contributed by atoms with Crippen LogP contribution in [0.5, 0.6) is 0 Å². The van der Waals surface area contributed by atoms with Crippen molar-refractivity contribution in [3.8, 4) is 0 Å². The molecule has 0 aliphatic carbocycles. The largest absolute Gasteiger partial charge is 0.372 e. The lowest BCUT2D eigenvalue weighted by atomic mass is 10.1. The van der Waals surface area contributed by atoms with Gasteiger partial charge >= 0.3 is 0 Å². The van der Waals surface area contributed by atoms with E-state index in [4.69, 9.17) is 4.74 Å². The van der Waals surface area contributed by atoms with E-state index in [-0.39, 0.29) is 16.0 Å². The van der Waals surface area contributed by atoms with Crippen molar-refractivity contribution in [3.63, 3.8) is 0 Å². The number of hydrogen-bond acceptors (Lipinski definition) is 5. The number of nitro groups is 1. The molecule has 0 bridgehead atoms. The normalized spacial score (nSPS) is 19.3. The van der Waals surface area contributed by atoms with Gasteiger partial charge in [-0.1, -0.05) is 6.07 Å². The predicted octanol–water partition coefficient (Wildman–Crippen LogP) is 2.42. The van der Waals surface area contributed by atoms with E-state index in [0.29, 0.717) is 12.3 Å². The summed E-state index contributed by atoms with van der Waals surface area (Å²) in [6.07, 6.45) is 0. The Hall–Kier alpha value is -1.27. The van der Waals surface area contributed by atoms with Gasteiger partial charge in [0, 0.05) is 25.9 Å². The quantitative estimate of drug-likeness (QED) is 0.612. The molecule has 1 saturated heterocycles. The van der Waals surface area contributed by atoms with E-state index in [1.54, 1.807) is 42.9 Å². The van der Waals surface area contributed by atoms with Crippen LogP contribution in [-0.2, 0) is 4.74 Å². The average molecular weight is 254 g/mol. The summed E-state index contributed by atoms with van der Waals surface area (Å²) in [4.78, 5) is 12.4. The van der Waals surface area contributed by atoms with Crippen LogP contribution in [-0.4, -0.2) is 31.4 Å². The molecule has 17 heavy (non-hydrogen) atoms. The Bertz CT molecular complexity index is 431. The van der Waals surface area contributed by atoms with Crippen molar-refractivity contribution < 1.29 is 9.66 Å². The third-order valence-electron chi connectivity index (χ3n) is 2.57. The van der Waals surface area contributed by atoms with Crippen molar-refractivity contribution >= 4 is 23.1 Å². The predicted molar refractivity (Wildman–Crippen MR) is 68.6 cm³/mol. The molecular formula is C11H14N2O3S. The number of ether oxygens (including phenoxy) is 1. The lowest BCUT2D eigenvalue weighted by molar-refractivity contribution is -0.384. The molecule has 0 radical (unpaired) electrons. The highest BCUT2D eigenvalue weighted by atomic mass is 32.2. The molecule has 1 fully saturated rings. The summed E-state index contributed by atoms with van der Waals surface area (Å²) in [5.41, 5.74) is 1.54. The standard InChI is InChI=1S/C11H14N2O3S/c1-12(2)9-4-3-8(7-10(9)13(14)15)11-16-5-6-17-11/h3-4,7,11H,5-6H2,1-2H3. The Labute approximate surface area is 104 Å². The van der Waals surface area contributed by atoms with Gasteiger partial charge in [0.1, 0.15) is 11.1 Å². The maximum absolute atomic E-state index is 11.0. The molecule has 0 saturated carbocycles. The number of nitro benzene ring substituents is 1. The number of rotatable bonds is 3. The van der Waals surface area contributed by atoms with E-state index in [9.17, 15) is 10.1 Å². The molecule has 2 rings (SSSR count). The van der Waals surface area contributed by atoms with Crippen LogP contribution in [0.4, 0.5) is 11.4 Å². The van der Waals surface area contributed by atoms with Crippen LogP contribution in [0.3, 0.4) is 0 Å². The minimum atomic E-state index is -0.349. The highest BCUT2D eigenvalue weighted by Crippen LogP contribution is 2.38. The van der Waals surface area contributed by atoms with Gasteiger partial charge in [-0.25, -0.2) is 0 Å². The van der Waals surface area contributed by atoms with Crippen molar-refractivity contribution in [2.45, 2.75) is 5.44 Å². The summed E-state index contributed by atoms with van der Waals surface area (Å²) >= 11 is 1.67. The average Bonchev–Trinajstić information content (AvgIpc) is 2.81. The summed E-state index contributed by atoms with van der Waals surface area (Å²) in [6, 6.07) is 5.28. The number of nitrogens with zero attached hydrogens (tertiary/aromatic N) is 2. The zero-order valence-corrected chi connectivity index (χ0v) is 10.6. The molecule has 0 N–H and O–H groups in total. The fourth-order valence-electron chi connectivity index (χ4n) is 1.76. The zero-order valence-electron chi connectivity index (χ0n) is 9.75. The summed E-state index contributed by atoms with van der Waals surface area (Å²) < 4.78 is 5.50. The fourth-order valence-corrected chi connectivity index (χ4v) is 2.70. The smallest absolute Gasteiger partial charge is 0.292 e. The molecule has 92 valence electrons. The Balaban J connectivity index is 2.37. The van der Waals surface area contributed by atoms with Gasteiger partial charge in [-0.15, -0.1) is 11.8 Å². The van der Waals surface area contributed by atoms with Gasteiger partial charge in [-0.2, -0.15) is 0 Å². The monoisotopic (exact) mass is 254 g/mol. The topological polar surface area (TPSA) is 55.6 Å². The van der Waals surface area contributed by atoms with Gasteiger partial charge in [0.2, 0.25) is 0 Å². The molecule has 1 atom stereocenters. The molecule has 5 nitrogen and oxygen atoms in total. The Morgan fingerprint density at radius 3 is 2.82 bits per heavy atom. The van der Waals surface area contributed by atoms with Gasteiger partial charge < -0.3 is 9.64 Å². The second-order valence-corrected chi connectivity index (χ2v) is 5.14. The van der Waals surface area contributed by atoms with Gasteiger partial charge in [-0.05, 0) is 11.6 Å². The van der Waals surface area contributed by atoms with E-state index in [1.165, 1.54) is 0 Å². The summed E-state index contributed by atoms with van der Waals surface area (Å²) in [6.45, 7) is 0.707. The minimum Gasteiger partial charge on any atom is -0.372 e. The molecule has 0 aromatic heterocycles. The molecule has 1 aliphatic heterocycles. The van der Waals surface area contributed by atoms with Crippen molar-refractivity contribution in [1.82, 2.24) is 0 Å². The first-order chi connectivity index (χ1) is 8.09. The number of thioether (sulfide) groups is 1. The van der Waals surface area contributed by atoms with Crippen LogP contribution in [0.1, 0.15) is 11.0 Å². The Morgan fingerprint density at radius 1 is 1.53 bits per heavy atom. The van der Waals surface area contributed by atoms with E-state index in [1.807, 2.05) is 6.07 Å². The summed E-state index contributed by atoms with van der Waals surface area (Å²) in [7, 11) is 3.59. The third kappa shape index (κ3) is 2.53. The Morgan fingerprint density at radius 2 is 2.29 bits per heavy atom. The van der Waals surface area contributed by atoms with Crippen LogP contribution in [0, 0.1) is 10.1 Å². The van der Waals surface area contributed by atoms with Crippen molar-refractivity contribution in [3.05, 3.63) is 33.9 Å². The van der Waals surface area contributed by atoms with Crippen LogP contribution < -0.4 is 4.90 Å². The molecule has 1 aromatic carbocycles. The number of hydrogen-bond donors (Lipinski definition) is 0. The van der Waals surface area contributed by atoms with Gasteiger partial charge in [0.25, 0.3) is 5.69 Å². The highest BCUT2D eigenvalue weighted by Gasteiger charge is 2.23. The second-order valence-electron chi connectivity index (χ2n) is 3.97. The minimum absolute atomic E-state index is 0.0649. The van der Waals surface area contributed by atoms with E-state index >= 15 is 0 Å². The molecular weight excluding hydrogens is 240 g/mol. The lowest BCUT2D eigenvalue weighted by Gasteiger charge is -2.15. The SMILES string of the molecule is CN(C)c1ccc(C2OCCS2)cc1[N+](=O)[O-]. The molecule has 1 heterocycles. The van der Waals surface area contributed by atoms with Crippen molar-refractivity contribution in [2.24, 2.45) is 0 Å². The van der Waals surface area contributed by atoms with Gasteiger partial charge in [0.05, 0.1) is 11.5 Å². The van der Waals surface area contributed by atoms with Crippen LogP contribution in [0.15, 0.2) is 18.2 Å². The van der Waals surface area contributed by atoms with Crippen molar-refractivity contribution in [2.75, 3.05) is 31.4 Å². The van der Waals surface area contributed by atoms with Crippen LogP contribution >= 0.6 is 11.8 Å². The van der Waals surface area contributed by atoms with E-state index in [2.05, 4.69) is 0 Å². The fraction of sp³-hybridized carbons (Fsp3) is 0.455. The third-order valence-corrected chi connectivity index (χ3v) is 3.69. The maximum Gasteiger partial charge on any atom is 0.292 e. The van der Waals surface area contributed by atoms with Crippen LogP contribution in [0.2, 0.25) is 0 Å². The molecule has 6 heteroatoms. The molecule has 1 aliphatic rings. The van der Waals surface area contributed by atoms with Gasteiger partial charge in [0.15, 0.2) is 0 Å². The zero-order chi connectivity index (χ0) is 12.4. The van der Waals surface area contributed by atoms with Gasteiger partial charge in [-0.3, -0.25) is 10.1 Å². The van der Waals surface area contributed by atoms with Crippen LogP contribution in [0.25, 0.3) is 0 Å². The summed E-state index contributed by atoms with van der Waals surface area (Å²) in [5, 5.41) is 11.0.